The normalized spacial score (nSPS) is 9.00. The Bertz CT molecular complexity index is 424. The number of amides is 2. The number of nitrogens with one attached hydrogen (secondary N) is 1. The van der Waals surface area contributed by atoms with Gasteiger partial charge in [-0.25, -0.2) is 0 Å². The second kappa shape index (κ2) is 5.46. The van der Waals surface area contributed by atoms with Crippen LogP contribution in [0.2, 0.25) is 0 Å². The van der Waals surface area contributed by atoms with Gasteiger partial charge in [0.1, 0.15) is 6.54 Å². The van der Waals surface area contributed by atoms with Crippen LogP contribution in [0.1, 0.15) is 0 Å². The molecule has 0 aromatic carbocycles. The molecule has 0 saturated carbocycles. The predicted octanol–water partition coefficient (Wildman–Crippen LogP) is -0.316. The number of carbonyl (C=O) groups excluding carboxylic acids is 2. The van der Waals surface area contributed by atoms with Crippen LogP contribution in [0, 0.1) is 11.3 Å². The fourth-order valence-corrected chi connectivity index (χ4v) is 1.03. The number of aromatic nitrogens is 1. The van der Waals surface area contributed by atoms with Gasteiger partial charge >= 0.3 is 11.8 Å². The molecule has 2 amide bonds. The van der Waals surface area contributed by atoms with Gasteiger partial charge in [-0.3, -0.25) is 14.6 Å². The third kappa shape index (κ3) is 2.78. The molecule has 1 aromatic rings. The number of nitrogens with zero attached hydrogens (tertiary/aromatic N) is 3. The van der Waals surface area contributed by atoms with E-state index in [1.807, 2.05) is 0 Å². The van der Waals surface area contributed by atoms with Crippen molar-refractivity contribution in [3.8, 4) is 6.07 Å². The monoisotopic (exact) mass is 218 g/mol. The average Bonchev–Trinajstić information content (AvgIpc) is 2.35. The van der Waals surface area contributed by atoms with Crippen molar-refractivity contribution in [3.05, 3.63) is 24.5 Å². The molecule has 1 aromatic heterocycles. The summed E-state index contributed by atoms with van der Waals surface area (Å²) in [5, 5.41) is 10.4. The van der Waals surface area contributed by atoms with E-state index in [4.69, 9.17) is 5.26 Å². The molecule has 0 atom stereocenters. The quantitative estimate of drug-likeness (QED) is 0.544. The van der Waals surface area contributed by atoms with Gasteiger partial charge in [-0.1, -0.05) is 0 Å². The van der Waals surface area contributed by atoms with Crippen LogP contribution in [-0.2, 0) is 9.59 Å². The second-order valence-corrected chi connectivity index (χ2v) is 2.91. The lowest BCUT2D eigenvalue weighted by Crippen LogP contribution is -2.41. The van der Waals surface area contributed by atoms with Crippen molar-refractivity contribution in [2.45, 2.75) is 0 Å². The van der Waals surface area contributed by atoms with Gasteiger partial charge in [0.05, 0.1) is 6.07 Å². The molecule has 0 aliphatic heterocycles. The Morgan fingerprint density at radius 1 is 1.50 bits per heavy atom. The first-order valence-corrected chi connectivity index (χ1v) is 4.49. The number of anilines is 1. The van der Waals surface area contributed by atoms with Gasteiger partial charge in [-0.15, -0.1) is 0 Å². The van der Waals surface area contributed by atoms with Crippen LogP contribution in [-0.4, -0.2) is 30.4 Å². The molecule has 0 fully saturated rings. The van der Waals surface area contributed by atoms with Crippen molar-refractivity contribution in [3.63, 3.8) is 0 Å². The van der Waals surface area contributed by atoms with E-state index in [-0.39, 0.29) is 6.54 Å². The molecule has 0 aliphatic rings. The summed E-state index contributed by atoms with van der Waals surface area (Å²) in [4.78, 5) is 27.8. The molecule has 0 spiro atoms. The summed E-state index contributed by atoms with van der Waals surface area (Å²) < 4.78 is 0. The van der Waals surface area contributed by atoms with E-state index in [0.29, 0.717) is 5.69 Å². The first-order valence-electron chi connectivity index (χ1n) is 4.49. The third-order valence-corrected chi connectivity index (χ3v) is 1.88. The maximum absolute atomic E-state index is 11.5. The molecule has 0 radical (unpaired) electrons. The number of carbonyl (C=O) groups is 2. The Labute approximate surface area is 92.5 Å². The number of nitriles is 1. The zero-order valence-corrected chi connectivity index (χ0v) is 8.67. The van der Waals surface area contributed by atoms with Crippen molar-refractivity contribution in [1.82, 2.24) is 10.3 Å². The largest absolute Gasteiger partial charge is 0.335 e. The standard InChI is InChI=1S/C10H10N4O2/c1-14(8-2-5-12-6-3-8)10(16)9(15)13-7-4-11/h2-3,5-6H,7H2,1H3,(H,13,15). The highest BCUT2D eigenvalue weighted by atomic mass is 16.2. The molecular weight excluding hydrogens is 208 g/mol. The maximum Gasteiger partial charge on any atom is 0.316 e. The number of likely N-dealkylation sites (N-methyl/N-ethyl adjacent to an activating group) is 1. The Morgan fingerprint density at radius 2 is 2.12 bits per heavy atom. The van der Waals surface area contributed by atoms with Crippen LogP contribution in [0.4, 0.5) is 5.69 Å². The van der Waals surface area contributed by atoms with Gasteiger partial charge in [0.15, 0.2) is 0 Å². The molecule has 1 rings (SSSR count). The van der Waals surface area contributed by atoms with Crippen molar-refractivity contribution in [2.24, 2.45) is 0 Å². The predicted molar refractivity (Wildman–Crippen MR) is 56.3 cm³/mol. The van der Waals surface area contributed by atoms with Gasteiger partial charge in [-0.05, 0) is 12.1 Å². The minimum atomic E-state index is -0.805. The molecule has 82 valence electrons. The first-order chi connectivity index (χ1) is 7.66. The summed E-state index contributed by atoms with van der Waals surface area (Å²) in [6, 6.07) is 4.93. The van der Waals surface area contributed by atoms with Crippen molar-refractivity contribution in [1.29, 1.82) is 5.26 Å². The Kier molecular flexibility index (Phi) is 3.98. The summed E-state index contributed by atoms with van der Waals surface area (Å²) >= 11 is 0. The van der Waals surface area contributed by atoms with Gasteiger partial charge in [0.25, 0.3) is 0 Å². The van der Waals surface area contributed by atoms with E-state index in [1.54, 1.807) is 18.2 Å². The average molecular weight is 218 g/mol. The van der Waals surface area contributed by atoms with E-state index in [0.717, 1.165) is 0 Å². The number of hydrogen-bond donors (Lipinski definition) is 1. The highest BCUT2D eigenvalue weighted by Crippen LogP contribution is 2.09. The number of hydrogen-bond acceptors (Lipinski definition) is 4. The summed E-state index contributed by atoms with van der Waals surface area (Å²) in [6.45, 7) is -0.186. The third-order valence-electron chi connectivity index (χ3n) is 1.88. The molecule has 0 saturated heterocycles. The number of pyridine rings is 1. The summed E-state index contributed by atoms with van der Waals surface area (Å²) in [5.41, 5.74) is 0.562. The molecule has 1 heterocycles. The molecule has 0 bridgehead atoms. The van der Waals surface area contributed by atoms with Crippen LogP contribution in [0.15, 0.2) is 24.5 Å². The minimum absolute atomic E-state index is 0.186. The molecular formula is C10H10N4O2. The van der Waals surface area contributed by atoms with Gasteiger partial charge in [0.2, 0.25) is 0 Å². The summed E-state index contributed by atoms with van der Waals surface area (Å²) in [6.07, 6.45) is 3.04. The van der Waals surface area contributed by atoms with Gasteiger partial charge in [-0.2, -0.15) is 5.26 Å². The van der Waals surface area contributed by atoms with Gasteiger partial charge in [0, 0.05) is 25.1 Å². The Morgan fingerprint density at radius 3 is 2.69 bits per heavy atom. The van der Waals surface area contributed by atoms with Crippen molar-refractivity contribution in [2.75, 3.05) is 18.5 Å². The van der Waals surface area contributed by atoms with E-state index in [9.17, 15) is 9.59 Å². The highest BCUT2D eigenvalue weighted by Gasteiger charge is 2.18. The van der Waals surface area contributed by atoms with Crippen molar-refractivity contribution < 1.29 is 9.59 Å². The lowest BCUT2D eigenvalue weighted by molar-refractivity contribution is -0.137. The molecule has 1 N–H and O–H groups in total. The van der Waals surface area contributed by atoms with E-state index in [2.05, 4.69) is 10.3 Å². The fraction of sp³-hybridized carbons (Fsp3) is 0.200. The minimum Gasteiger partial charge on any atom is -0.335 e. The maximum atomic E-state index is 11.5. The highest BCUT2D eigenvalue weighted by molar-refractivity contribution is 6.40. The van der Waals surface area contributed by atoms with Crippen LogP contribution in [0.5, 0.6) is 0 Å². The van der Waals surface area contributed by atoms with E-state index >= 15 is 0 Å². The smallest absolute Gasteiger partial charge is 0.316 e. The second-order valence-electron chi connectivity index (χ2n) is 2.91. The Hall–Kier alpha value is -2.42. The lowest BCUT2D eigenvalue weighted by atomic mass is 10.3. The zero-order chi connectivity index (χ0) is 12.0. The SMILES string of the molecule is CN(C(=O)C(=O)NCC#N)c1ccncc1. The van der Waals surface area contributed by atoms with Crippen LogP contribution >= 0.6 is 0 Å². The van der Waals surface area contributed by atoms with Gasteiger partial charge < -0.3 is 10.2 Å². The van der Waals surface area contributed by atoms with Crippen LogP contribution in [0.3, 0.4) is 0 Å². The fourth-order valence-electron chi connectivity index (χ4n) is 1.03. The van der Waals surface area contributed by atoms with Crippen LogP contribution < -0.4 is 10.2 Å². The molecule has 0 aliphatic carbocycles. The molecule has 6 heteroatoms. The van der Waals surface area contributed by atoms with E-state index < -0.39 is 11.8 Å². The molecule has 6 nitrogen and oxygen atoms in total. The zero-order valence-electron chi connectivity index (χ0n) is 8.67. The lowest BCUT2D eigenvalue weighted by Gasteiger charge is -2.15. The van der Waals surface area contributed by atoms with E-state index in [1.165, 1.54) is 24.3 Å². The van der Waals surface area contributed by atoms with Crippen LogP contribution in [0.25, 0.3) is 0 Å². The Balaban J connectivity index is 2.68. The topological polar surface area (TPSA) is 86.1 Å². The van der Waals surface area contributed by atoms with Crippen molar-refractivity contribution >= 4 is 17.5 Å². The number of rotatable bonds is 2. The molecule has 0 unspecified atom stereocenters. The first kappa shape index (κ1) is 11.7. The summed E-state index contributed by atoms with van der Waals surface area (Å²) in [7, 11) is 1.48. The molecule has 16 heavy (non-hydrogen) atoms. The summed E-state index contributed by atoms with van der Waals surface area (Å²) in [5.74, 6) is -1.53.